The van der Waals surface area contributed by atoms with Gasteiger partial charge < -0.3 is 9.30 Å². The Balaban J connectivity index is 1.98. The van der Waals surface area contributed by atoms with Crippen LogP contribution in [-0.2, 0) is 23.2 Å². The molecule has 0 aliphatic carbocycles. The largest absolute Gasteiger partial charge is 0.367 e. The normalized spacial score (nSPS) is 10.8. The fourth-order valence-corrected chi connectivity index (χ4v) is 1.63. The smallest absolute Gasteiger partial charge is 0.262 e. The van der Waals surface area contributed by atoms with E-state index in [0.29, 0.717) is 6.61 Å². The van der Waals surface area contributed by atoms with Crippen LogP contribution in [0.1, 0.15) is 5.56 Å². The molecule has 0 aliphatic rings. The highest BCUT2D eigenvalue weighted by Gasteiger charge is 2.05. The number of rotatable bonds is 4. The van der Waals surface area contributed by atoms with Gasteiger partial charge in [-0.2, -0.15) is 0 Å². The summed E-state index contributed by atoms with van der Waals surface area (Å²) in [5, 5.41) is 1.02. The summed E-state index contributed by atoms with van der Waals surface area (Å²) in [6, 6.07) is 5.89. The molecule has 0 spiro atoms. The standard InChI is InChI=1S/C12H16N4O2/c1-15-8-14-10-5-9(3-4-11(10)15)6-18-7-12(17)16(2)13/h3-5,8H,6-7,13H2,1-2H3. The van der Waals surface area contributed by atoms with Crippen LogP contribution in [0.25, 0.3) is 11.0 Å². The highest BCUT2D eigenvalue weighted by atomic mass is 16.5. The van der Waals surface area contributed by atoms with Crippen molar-refractivity contribution >= 4 is 16.9 Å². The third kappa shape index (κ3) is 2.66. The van der Waals surface area contributed by atoms with Crippen molar-refractivity contribution in [3.8, 4) is 0 Å². The molecule has 2 rings (SSSR count). The number of imidazole rings is 1. The molecule has 18 heavy (non-hydrogen) atoms. The highest BCUT2D eigenvalue weighted by molar-refractivity contribution is 5.77. The van der Waals surface area contributed by atoms with Crippen molar-refractivity contribution in [2.75, 3.05) is 13.7 Å². The van der Waals surface area contributed by atoms with Gasteiger partial charge in [-0.05, 0) is 17.7 Å². The van der Waals surface area contributed by atoms with Crippen molar-refractivity contribution in [3.63, 3.8) is 0 Å². The molecular formula is C12H16N4O2. The first-order valence-electron chi connectivity index (χ1n) is 5.57. The number of hydrogen-bond donors (Lipinski definition) is 1. The van der Waals surface area contributed by atoms with Crippen LogP contribution < -0.4 is 5.84 Å². The molecule has 0 radical (unpaired) electrons. The lowest BCUT2D eigenvalue weighted by Crippen LogP contribution is -2.35. The van der Waals surface area contributed by atoms with Crippen LogP contribution in [0.2, 0.25) is 0 Å². The summed E-state index contributed by atoms with van der Waals surface area (Å²) in [4.78, 5) is 15.5. The van der Waals surface area contributed by atoms with Crippen molar-refractivity contribution in [2.45, 2.75) is 6.61 Å². The van der Waals surface area contributed by atoms with E-state index in [1.54, 1.807) is 6.33 Å². The average Bonchev–Trinajstić information content (AvgIpc) is 2.70. The molecule has 0 atom stereocenters. The number of likely N-dealkylation sites (N-methyl/N-ethyl adjacent to an activating group) is 1. The predicted molar refractivity (Wildman–Crippen MR) is 67.3 cm³/mol. The molecule has 96 valence electrons. The van der Waals surface area contributed by atoms with Crippen LogP contribution in [0.5, 0.6) is 0 Å². The lowest BCUT2D eigenvalue weighted by Gasteiger charge is -2.10. The summed E-state index contributed by atoms with van der Waals surface area (Å²) in [7, 11) is 3.44. The Kier molecular flexibility index (Phi) is 3.59. The SMILES string of the molecule is CN(N)C(=O)COCc1ccc2c(c1)ncn2C. The summed E-state index contributed by atoms with van der Waals surface area (Å²) < 4.78 is 7.24. The second kappa shape index (κ2) is 5.16. The molecule has 0 bridgehead atoms. The van der Waals surface area contributed by atoms with E-state index in [-0.39, 0.29) is 12.5 Å². The van der Waals surface area contributed by atoms with E-state index in [1.165, 1.54) is 7.05 Å². The zero-order valence-electron chi connectivity index (χ0n) is 10.5. The second-order valence-electron chi connectivity index (χ2n) is 4.18. The third-order valence-corrected chi connectivity index (χ3v) is 2.68. The number of amides is 1. The van der Waals surface area contributed by atoms with Crippen LogP contribution in [0.4, 0.5) is 0 Å². The summed E-state index contributed by atoms with van der Waals surface area (Å²) in [6.07, 6.45) is 1.77. The van der Waals surface area contributed by atoms with Crippen LogP contribution in [0.15, 0.2) is 24.5 Å². The van der Waals surface area contributed by atoms with Gasteiger partial charge in [0.2, 0.25) is 0 Å². The molecule has 0 unspecified atom stereocenters. The number of nitrogens with two attached hydrogens (primary N) is 1. The van der Waals surface area contributed by atoms with E-state index in [0.717, 1.165) is 21.6 Å². The first kappa shape index (κ1) is 12.5. The van der Waals surface area contributed by atoms with Gasteiger partial charge in [-0.1, -0.05) is 6.07 Å². The fraction of sp³-hybridized carbons (Fsp3) is 0.333. The zero-order chi connectivity index (χ0) is 13.1. The van der Waals surface area contributed by atoms with Gasteiger partial charge in [-0.15, -0.1) is 0 Å². The molecule has 2 aromatic rings. The minimum absolute atomic E-state index is 0.0206. The molecule has 1 amide bonds. The number of nitrogens with zero attached hydrogens (tertiary/aromatic N) is 3. The van der Waals surface area contributed by atoms with Gasteiger partial charge in [0.15, 0.2) is 0 Å². The maximum atomic E-state index is 11.2. The third-order valence-electron chi connectivity index (χ3n) is 2.68. The second-order valence-corrected chi connectivity index (χ2v) is 4.18. The van der Waals surface area contributed by atoms with E-state index in [9.17, 15) is 4.79 Å². The van der Waals surface area contributed by atoms with Gasteiger partial charge >= 0.3 is 0 Å². The Morgan fingerprint density at radius 3 is 3.06 bits per heavy atom. The summed E-state index contributed by atoms with van der Waals surface area (Å²) in [6.45, 7) is 0.347. The van der Waals surface area contributed by atoms with Gasteiger partial charge in [0.05, 0.1) is 24.0 Å². The van der Waals surface area contributed by atoms with Crippen molar-refractivity contribution in [1.82, 2.24) is 14.6 Å². The Hall–Kier alpha value is -1.92. The van der Waals surface area contributed by atoms with Gasteiger partial charge in [0.1, 0.15) is 6.61 Å². The van der Waals surface area contributed by atoms with Crippen LogP contribution in [0.3, 0.4) is 0 Å². The molecule has 1 aromatic carbocycles. The van der Waals surface area contributed by atoms with Crippen molar-refractivity contribution < 1.29 is 9.53 Å². The molecule has 6 nitrogen and oxygen atoms in total. The molecule has 1 aromatic heterocycles. The highest BCUT2D eigenvalue weighted by Crippen LogP contribution is 2.14. The first-order chi connectivity index (χ1) is 8.58. The van der Waals surface area contributed by atoms with Gasteiger partial charge in [0.25, 0.3) is 5.91 Å². The number of carbonyl (C=O) groups is 1. The number of hydrazine groups is 1. The van der Waals surface area contributed by atoms with E-state index < -0.39 is 0 Å². The Morgan fingerprint density at radius 2 is 2.33 bits per heavy atom. The lowest BCUT2D eigenvalue weighted by atomic mass is 10.2. The van der Waals surface area contributed by atoms with Crippen molar-refractivity contribution in [2.24, 2.45) is 12.9 Å². The number of hydrogen-bond acceptors (Lipinski definition) is 4. The molecular weight excluding hydrogens is 232 g/mol. The molecule has 1 heterocycles. The predicted octanol–water partition coefficient (Wildman–Crippen LogP) is 0.422. The fourth-order valence-electron chi connectivity index (χ4n) is 1.63. The number of benzene rings is 1. The monoisotopic (exact) mass is 248 g/mol. The summed E-state index contributed by atoms with van der Waals surface area (Å²) in [5.74, 6) is 5.03. The molecule has 6 heteroatoms. The molecule has 0 fully saturated rings. The molecule has 0 saturated heterocycles. The number of aromatic nitrogens is 2. The summed E-state index contributed by atoms with van der Waals surface area (Å²) >= 11 is 0. The molecule has 0 saturated carbocycles. The average molecular weight is 248 g/mol. The van der Waals surface area contributed by atoms with Crippen LogP contribution >= 0.6 is 0 Å². The first-order valence-corrected chi connectivity index (χ1v) is 5.57. The number of aryl methyl sites for hydroxylation is 1. The molecule has 0 aliphatic heterocycles. The number of carbonyl (C=O) groups excluding carboxylic acids is 1. The summed E-state index contributed by atoms with van der Waals surface area (Å²) in [5.41, 5.74) is 2.96. The van der Waals surface area contributed by atoms with E-state index in [2.05, 4.69) is 4.98 Å². The minimum Gasteiger partial charge on any atom is -0.367 e. The van der Waals surface area contributed by atoms with Crippen molar-refractivity contribution in [3.05, 3.63) is 30.1 Å². The van der Waals surface area contributed by atoms with Gasteiger partial charge in [-0.25, -0.2) is 10.8 Å². The van der Waals surface area contributed by atoms with E-state index >= 15 is 0 Å². The molecule has 2 N–H and O–H groups in total. The maximum Gasteiger partial charge on any atom is 0.262 e. The maximum absolute atomic E-state index is 11.2. The Labute approximate surface area is 105 Å². The quantitative estimate of drug-likeness (QED) is 0.483. The number of ether oxygens (including phenoxy) is 1. The Morgan fingerprint density at radius 1 is 1.56 bits per heavy atom. The van der Waals surface area contributed by atoms with Crippen molar-refractivity contribution in [1.29, 1.82) is 0 Å². The number of fused-ring (bicyclic) bond motifs is 1. The Bertz CT molecular complexity index is 562. The minimum atomic E-state index is -0.256. The van der Waals surface area contributed by atoms with Crippen LogP contribution in [0, 0.1) is 0 Å². The topological polar surface area (TPSA) is 73.4 Å². The lowest BCUT2D eigenvalue weighted by molar-refractivity contribution is -0.135. The van der Waals surface area contributed by atoms with E-state index in [1.807, 2.05) is 29.8 Å². The van der Waals surface area contributed by atoms with E-state index in [4.69, 9.17) is 10.6 Å². The van der Waals surface area contributed by atoms with Crippen LogP contribution in [-0.4, -0.2) is 34.1 Å². The van der Waals surface area contributed by atoms with Gasteiger partial charge in [0, 0.05) is 14.1 Å². The van der Waals surface area contributed by atoms with Gasteiger partial charge in [-0.3, -0.25) is 9.80 Å². The zero-order valence-corrected chi connectivity index (χ0v) is 10.5.